The van der Waals surface area contributed by atoms with Crippen LogP contribution in [-0.2, 0) is 19.4 Å². The quantitative estimate of drug-likeness (QED) is 0.910. The largest absolute Gasteiger partial charge is 0.507 e. The van der Waals surface area contributed by atoms with E-state index in [-0.39, 0.29) is 17.7 Å². The van der Waals surface area contributed by atoms with Gasteiger partial charge in [-0.1, -0.05) is 0 Å². The molecule has 3 rings (SSSR count). The lowest BCUT2D eigenvalue weighted by atomic mass is 9.90. The van der Waals surface area contributed by atoms with Gasteiger partial charge in [0.1, 0.15) is 5.75 Å². The lowest BCUT2D eigenvalue weighted by Gasteiger charge is -2.19. The summed E-state index contributed by atoms with van der Waals surface area (Å²) in [5.41, 5.74) is 2.74. The molecule has 0 saturated heterocycles. The highest BCUT2D eigenvalue weighted by Gasteiger charge is 2.18. The van der Waals surface area contributed by atoms with E-state index in [9.17, 15) is 9.90 Å². The normalized spacial score (nSPS) is 15.1. The fraction of sp³-hybridized carbons (Fsp3) is 0.412. The second-order valence-corrected chi connectivity index (χ2v) is 5.98. The van der Waals surface area contributed by atoms with Crippen LogP contribution in [-0.4, -0.2) is 26.6 Å². The number of nitrogens with zero attached hydrogens (tertiary/aromatic N) is 2. The zero-order valence-corrected chi connectivity index (χ0v) is 12.7. The number of carbonyl (C=O) groups excluding carboxylic acids is 1. The van der Waals surface area contributed by atoms with Crippen LogP contribution in [0.5, 0.6) is 5.75 Å². The Balaban J connectivity index is 1.71. The van der Waals surface area contributed by atoms with Crippen LogP contribution in [0.4, 0.5) is 0 Å². The third-order valence-electron chi connectivity index (χ3n) is 4.13. The summed E-state index contributed by atoms with van der Waals surface area (Å²) in [6, 6.07) is 3.56. The Kier molecular flexibility index (Phi) is 4.13. The average Bonchev–Trinajstić information content (AvgIpc) is 2.99. The van der Waals surface area contributed by atoms with Gasteiger partial charge in [0.05, 0.1) is 11.9 Å². The van der Waals surface area contributed by atoms with E-state index < -0.39 is 0 Å². The minimum absolute atomic E-state index is 0.0443. The summed E-state index contributed by atoms with van der Waals surface area (Å²) in [5, 5.41) is 13.1. The van der Waals surface area contributed by atoms with E-state index in [1.807, 2.05) is 23.8 Å². The molecule has 22 heavy (non-hydrogen) atoms. The van der Waals surface area contributed by atoms with Gasteiger partial charge in [-0.15, -0.1) is 0 Å². The fourth-order valence-electron chi connectivity index (χ4n) is 3.01. The maximum atomic E-state index is 12.4. The van der Waals surface area contributed by atoms with Crippen molar-refractivity contribution in [1.29, 1.82) is 0 Å². The maximum absolute atomic E-state index is 12.4. The van der Waals surface area contributed by atoms with Crippen molar-refractivity contribution in [3.8, 4) is 5.75 Å². The molecule has 2 N–H and O–H groups in total. The predicted octanol–water partition coefficient (Wildman–Crippen LogP) is 2.29. The van der Waals surface area contributed by atoms with Crippen LogP contribution >= 0.6 is 0 Å². The van der Waals surface area contributed by atoms with Gasteiger partial charge in [0.2, 0.25) is 0 Å². The number of carbonyl (C=O) groups is 1. The number of phenols is 1. The average molecular weight is 299 g/mol. The highest BCUT2D eigenvalue weighted by Crippen LogP contribution is 2.28. The van der Waals surface area contributed by atoms with Crippen LogP contribution in [0.2, 0.25) is 0 Å². The van der Waals surface area contributed by atoms with Crippen LogP contribution in [0, 0.1) is 0 Å². The predicted molar refractivity (Wildman–Crippen MR) is 83.9 cm³/mol. The Labute approximate surface area is 130 Å². The first-order chi connectivity index (χ1) is 10.6. The Hall–Kier alpha value is -2.30. The van der Waals surface area contributed by atoms with Crippen molar-refractivity contribution in [2.45, 2.75) is 45.2 Å². The van der Waals surface area contributed by atoms with E-state index in [2.05, 4.69) is 10.3 Å². The van der Waals surface area contributed by atoms with E-state index in [1.54, 1.807) is 18.6 Å². The molecule has 116 valence electrons. The lowest BCUT2D eigenvalue weighted by Crippen LogP contribution is -2.35. The standard InChI is InChI=1S/C17H21N3O2/c1-12(10-20-7-6-18-11-20)19-17(22)15-8-13-4-2-3-5-14(13)9-16(15)21/h6-9,11-12,21H,2-5,10H2,1H3,(H,19,22). The topological polar surface area (TPSA) is 67.2 Å². The van der Waals surface area contributed by atoms with Gasteiger partial charge in [-0.25, -0.2) is 4.98 Å². The zero-order chi connectivity index (χ0) is 15.5. The number of hydrogen-bond donors (Lipinski definition) is 2. The monoisotopic (exact) mass is 299 g/mol. The maximum Gasteiger partial charge on any atom is 0.255 e. The van der Waals surface area contributed by atoms with Crippen molar-refractivity contribution >= 4 is 5.91 Å². The van der Waals surface area contributed by atoms with Crippen molar-refractivity contribution in [1.82, 2.24) is 14.9 Å². The van der Waals surface area contributed by atoms with Crippen molar-refractivity contribution in [2.24, 2.45) is 0 Å². The van der Waals surface area contributed by atoms with Gasteiger partial charge in [0.15, 0.2) is 0 Å². The first kappa shape index (κ1) is 14.6. The van der Waals surface area contributed by atoms with Gasteiger partial charge < -0.3 is 15.0 Å². The second kappa shape index (κ2) is 6.22. The Morgan fingerprint density at radius 2 is 2.09 bits per heavy atom. The van der Waals surface area contributed by atoms with Crippen LogP contribution in [0.1, 0.15) is 41.3 Å². The molecule has 0 aliphatic heterocycles. The molecule has 0 spiro atoms. The molecule has 1 aromatic carbocycles. The molecule has 1 heterocycles. The molecule has 5 nitrogen and oxygen atoms in total. The van der Waals surface area contributed by atoms with Crippen molar-refractivity contribution in [2.75, 3.05) is 0 Å². The van der Waals surface area contributed by atoms with Crippen LogP contribution in [0.25, 0.3) is 0 Å². The Morgan fingerprint density at radius 3 is 2.77 bits per heavy atom. The van der Waals surface area contributed by atoms with E-state index in [1.165, 1.54) is 11.1 Å². The number of nitrogens with one attached hydrogen (secondary N) is 1. The molecule has 2 aromatic rings. The van der Waals surface area contributed by atoms with Crippen molar-refractivity contribution < 1.29 is 9.90 Å². The summed E-state index contributed by atoms with van der Waals surface area (Å²) in [4.78, 5) is 16.4. The number of rotatable bonds is 4. The molecule has 1 aliphatic carbocycles. The SMILES string of the molecule is CC(Cn1ccnc1)NC(=O)c1cc2c(cc1O)CCCC2. The third kappa shape index (κ3) is 3.13. The summed E-state index contributed by atoms with van der Waals surface area (Å²) in [6.07, 6.45) is 9.57. The van der Waals surface area contributed by atoms with E-state index in [4.69, 9.17) is 0 Å². The number of aromatic hydroxyl groups is 1. The van der Waals surface area contributed by atoms with Gasteiger partial charge in [-0.3, -0.25) is 4.79 Å². The molecule has 0 bridgehead atoms. The number of imidazole rings is 1. The molecule has 1 atom stereocenters. The minimum atomic E-state index is -0.224. The Morgan fingerprint density at radius 1 is 1.36 bits per heavy atom. The number of aromatic nitrogens is 2. The Bertz CT molecular complexity index is 665. The van der Waals surface area contributed by atoms with Gasteiger partial charge >= 0.3 is 0 Å². The van der Waals surface area contributed by atoms with Crippen LogP contribution in [0.15, 0.2) is 30.9 Å². The number of hydrogen-bond acceptors (Lipinski definition) is 3. The number of phenolic OH excluding ortho intramolecular Hbond substituents is 1. The number of amides is 1. The minimum Gasteiger partial charge on any atom is -0.507 e. The molecular formula is C17H21N3O2. The zero-order valence-electron chi connectivity index (χ0n) is 12.7. The molecule has 0 fully saturated rings. The second-order valence-electron chi connectivity index (χ2n) is 5.98. The van der Waals surface area contributed by atoms with Gasteiger partial charge in [-0.2, -0.15) is 0 Å². The first-order valence-electron chi connectivity index (χ1n) is 7.75. The van der Waals surface area contributed by atoms with Gasteiger partial charge in [0, 0.05) is 25.0 Å². The van der Waals surface area contributed by atoms with Crippen molar-refractivity contribution in [3.63, 3.8) is 0 Å². The number of benzene rings is 1. The highest BCUT2D eigenvalue weighted by molar-refractivity contribution is 5.97. The van der Waals surface area contributed by atoms with E-state index in [0.29, 0.717) is 12.1 Å². The molecule has 1 aromatic heterocycles. The summed E-state index contributed by atoms with van der Waals surface area (Å²) in [6.45, 7) is 2.59. The molecule has 0 radical (unpaired) electrons. The first-order valence-corrected chi connectivity index (χ1v) is 7.75. The summed E-state index contributed by atoms with van der Waals surface area (Å²) >= 11 is 0. The summed E-state index contributed by atoms with van der Waals surface area (Å²) < 4.78 is 1.91. The van der Waals surface area contributed by atoms with E-state index in [0.717, 1.165) is 25.7 Å². The number of aryl methyl sites for hydroxylation is 2. The summed E-state index contributed by atoms with van der Waals surface area (Å²) in [7, 11) is 0. The molecular weight excluding hydrogens is 278 g/mol. The molecule has 1 unspecified atom stereocenters. The van der Waals surface area contributed by atoms with Gasteiger partial charge in [0.25, 0.3) is 5.91 Å². The summed E-state index contributed by atoms with van der Waals surface area (Å²) in [5.74, 6) is -0.147. The van der Waals surface area contributed by atoms with Crippen LogP contribution < -0.4 is 5.32 Å². The fourth-order valence-corrected chi connectivity index (χ4v) is 3.01. The van der Waals surface area contributed by atoms with Crippen LogP contribution in [0.3, 0.4) is 0 Å². The van der Waals surface area contributed by atoms with E-state index >= 15 is 0 Å². The third-order valence-corrected chi connectivity index (χ3v) is 4.13. The smallest absolute Gasteiger partial charge is 0.255 e. The number of fused-ring (bicyclic) bond motifs is 1. The molecule has 0 saturated carbocycles. The highest BCUT2D eigenvalue weighted by atomic mass is 16.3. The molecule has 1 aliphatic rings. The lowest BCUT2D eigenvalue weighted by molar-refractivity contribution is 0.0934. The molecule has 5 heteroatoms. The van der Waals surface area contributed by atoms with Crippen molar-refractivity contribution in [3.05, 3.63) is 47.5 Å². The molecule has 1 amide bonds. The van der Waals surface area contributed by atoms with Gasteiger partial charge in [-0.05, 0) is 55.9 Å².